The molecule has 3 aromatic heterocycles. The van der Waals surface area contributed by atoms with Crippen molar-refractivity contribution in [2.75, 3.05) is 0 Å². The molecule has 0 saturated carbocycles. The maximum Gasteiger partial charge on any atom is 0.286 e. The molecule has 0 amide bonds. The van der Waals surface area contributed by atoms with Gasteiger partial charge in [-0.3, -0.25) is 4.79 Å². The molecule has 68 valence electrons. The van der Waals surface area contributed by atoms with E-state index >= 15 is 0 Å². The second-order valence-corrected chi connectivity index (χ2v) is 2.84. The lowest BCUT2D eigenvalue weighted by Crippen LogP contribution is -2.14. The van der Waals surface area contributed by atoms with Gasteiger partial charge in [0.2, 0.25) is 5.78 Å². The highest BCUT2D eigenvalue weighted by Crippen LogP contribution is 2.03. The largest absolute Gasteiger partial charge is 0.286 e. The van der Waals surface area contributed by atoms with Gasteiger partial charge in [-0.25, -0.2) is 19.5 Å². The molecule has 0 aliphatic heterocycles. The van der Waals surface area contributed by atoms with Gasteiger partial charge in [-0.05, 0) is 12.1 Å². The Morgan fingerprint density at radius 2 is 2.36 bits per heavy atom. The second-order valence-electron chi connectivity index (χ2n) is 2.84. The van der Waals surface area contributed by atoms with E-state index in [2.05, 4.69) is 20.2 Å². The van der Waals surface area contributed by atoms with Crippen molar-refractivity contribution < 1.29 is 0 Å². The summed E-state index contributed by atoms with van der Waals surface area (Å²) in [6.45, 7) is 0. The van der Waals surface area contributed by atoms with Crippen LogP contribution in [0.4, 0.5) is 0 Å². The summed E-state index contributed by atoms with van der Waals surface area (Å²) < 4.78 is 1.33. The van der Waals surface area contributed by atoms with Gasteiger partial charge in [0.1, 0.15) is 6.33 Å². The third-order valence-corrected chi connectivity index (χ3v) is 2.00. The molecule has 3 heterocycles. The van der Waals surface area contributed by atoms with E-state index in [0.29, 0.717) is 16.8 Å². The molecule has 0 unspecified atom stereocenters. The summed E-state index contributed by atoms with van der Waals surface area (Å²) in [5.74, 6) is 0.426. The lowest BCUT2D eigenvalue weighted by atomic mass is 10.4. The molecule has 3 aromatic rings. The fourth-order valence-electron chi connectivity index (χ4n) is 1.36. The zero-order chi connectivity index (χ0) is 9.54. The fraction of sp³-hybridized carbons (Fsp3) is 0. The Morgan fingerprint density at radius 3 is 3.29 bits per heavy atom. The van der Waals surface area contributed by atoms with E-state index in [1.165, 1.54) is 10.7 Å². The molecular formula is C8H5N5O. The van der Waals surface area contributed by atoms with E-state index < -0.39 is 0 Å². The van der Waals surface area contributed by atoms with Crippen LogP contribution in [-0.2, 0) is 0 Å². The first-order valence-corrected chi connectivity index (χ1v) is 4.03. The Labute approximate surface area is 77.2 Å². The van der Waals surface area contributed by atoms with Crippen molar-refractivity contribution in [3.05, 3.63) is 35.0 Å². The quantitative estimate of drug-likeness (QED) is 0.536. The number of hydrogen-bond acceptors (Lipinski definition) is 4. The van der Waals surface area contributed by atoms with Crippen molar-refractivity contribution in [2.24, 2.45) is 0 Å². The molecule has 0 atom stereocenters. The summed E-state index contributed by atoms with van der Waals surface area (Å²) in [6, 6.07) is 3.48. The van der Waals surface area contributed by atoms with Crippen LogP contribution >= 0.6 is 0 Å². The van der Waals surface area contributed by atoms with Crippen LogP contribution in [0.3, 0.4) is 0 Å². The van der Waals surface area contributed by atoms with Crippen LogP contribution in [0.15, 0.2) is 29.5 Å². The van der Waals surface area contributed by atoms with Gasteiger partial charge < -0.3 is 0 Å². The number of aromatic amines is 1. The number of rotatable bonds is 0. The lowest BCUT2D eigenvalue weighted by Gasteiger charge is -1.94. The number of aromatic nitrogens is 5. The van der Waals surface area contributed by atoms with Gasteiger partial charge in [-0.2, -0.15) is 5.10 Å². The van der Waals surface area contributed by atoms with Crippen molar-refractivity contribution in [3.8, 4) is 0 Å². The van der Waals surface area contributed by atoms with Gasteiger partial charge >= 0.3 is 0 Å². The summed E-state index contributed by atoms with van der Waals surface area (Å²) >= 11 is 0. The second kappa shape index (κ2) is 2.38. The maximum absolute atomic E-state index is 11.7. The third-order valence-electron chi connectivity index (χ3n) is 2.00. The van der Waals surface area contributed by atoms with Crippen LogP contribution in [-0.4, -0.2) is 24.6 Å². The van der Waals surface area contributed by atoms with Gasteiger partial charge in [0, 0.05) is 6.20 Å². The van der Waals surface area contributed by atoms with E-state index in [-0.39, 0.29) is 5.56 Å². The number of nitrogens with one attached hydrogen (secondary N) is 1. The van der Waals surface area contributed by atoms with Gasteiger partial charge in [0.05, 0.1) is 5.52 Å². The molecule has 6 nitrogen and oxygen atoms in total. The smallest absolute Gasteiger partial charge is 0.266 e. The first-order chi connectivity index (χ1) is 6.86. The van der Waals surface area contributed by atoms with Crippen molar-refractivity contribution in [3.63, 3.8) is 0 Å². The fourth-order valence-corrected chi connectivity index (χ4v) is 1.36. The van der Waals surface area contributed by atoms with Crippen molar-refractivity contribution in [2.45, 2.75) is 0 Å². The molecule has 0 bridgehead atoms. The molecule has 3 rings (SSSR count). The first kappa shape index (κ1) is 7.19. The normalized spacial score (nSPS) is 11.1. The van der Waals surface area contributed by atoms with Gasteiger partial charge in [-0.15, -0.1) is 0 Å². The molecule has 0 saturated heterocycles. The average molecular weight is 187 g/mol. The van der Waals surface area contributed by atoms with Gasteiger partial charge in [0.25, 0.3) is 5.56 Å². The van der Waals surface area contributed by atoms with Crippen LogP contribution in [0.5, 0.6) is 0 Å². The monoisotopic (exact) mass is 187 g/mol. The Balaban J connectivity index is 2.70. The highest BCUT2D eigenvalue weighted by molar-refractivity contribution is 5.74. The number of hydrogen-bond donors (Lipinski definition) is 1. The minimum atomic E-state index is -0.209. The first-order valence-electron chi connectivity index (χ1n) is 4.03. The molecule has 0 radical (unpaired) electrons. The van der Waals surface area contributed by atoms with Crippen molar-refractivity contribution in [1.82, 2.24) is 24.6 Å². The molecule has 14 heavy (non-hydrogen) atoms. The van der Waals surface area contributed by atoms with Crippen molar-refractivity contribution >= 4 is 16.8 Å². The summed E-state index contributed by atoms with van der Waals surface area (Å²) in [6.07, 6.45) is 2.96. The van der Waals surface area contributed by atoms with Crippen LogP contribution < -0.4 is 5.56 Å². The predicted octanol–water partition coefficient (Wildman–Crippen LogP) is -0.0342. The molecule has 0 aliphatic carbocycles. The van der Waals surface area contributed by atoms with Crippen molar-refractivity contribution in [1.29, 1.82) is 0 Å². The van der Waals surface area contributed by atoms with Crippen LogP contribution in [0.2, 0.25) is 0 Å². The minimum absolute atomic E-state index is 0.209. The number of nitrogens with zero attached hydrogens (tertiary/aromatic N) is 4. The molecule has 0 aliphatic rings. The van der Waals surface area contributed by atoms with Gasteiger partial charge in [-0.1, -0.05) is 0 Å². The number of pyridine rings is 1. The third kappa shape index (κ3) is 0.792. The standard InChI is InChI=1S/C8H5N5O/c14-7-6-5(2-1-3-9-6)11-8-12-10-4-13(7)8/h1-4H,(H,11,12). The van der Waals surface area contributed by atoms with E-state index in [0.717, 1.165) is 0 Å². The highest BCUT2D eigenvalue weighted by atomic mass is 16.1. The maximum atomic E-state index is 11.7. The summed E-state index contributed by atoms with van der Waals surface area (Å²) in [5.41, 5.74) is 0.715. The zero-order valence-electron chi connectivity index (χ0n) is 7.01. The summed E-state index contributed by atoms with van der Waals surface area (Å²) in [5, 5.41) is 6.36. The number of fused-ring (bicyclic) bond motifs is 2. The average Bonchev–Trinajstić information content (AvgIpc) is 2.66. The van der Waals surface area contributed by atoms with Crippen LogP contribution in [0.1, 0.15) is 0 Å². The Morgan fingerprint density at radius 1 is 1.43 bits per heavy atom. The molecule has 0 fully saturated rings. The Kier molecular flexibility index (Phi) is 1.22. The summed E-state index contributed by atoms with van der Waals surface area (Å²) in [4.78, 5) is 19.9. The molecular weight excluding hydrogens is 182 g/mol. The van der Waals surface area contributed by atoms with Crippen LogP contribution in [0, 0.1) is 0 Å². The Hall–Kier alpha value is -2.24. The molecule has 0 aromatic carbocycles. The Bertz CT molecular complexity index is 668. The van der Waals surface area contributed by atoms with E-state index in [1.54, 1.807) is 18.3 Å². The molecule has 1 N–H and O–H groups in total. The lowest BCUT2D eigenvalue weighted by molar-refractivity contribution is 1.07. The topological polar surface area (TPSA) is 75.9 Å². The predicted molar refractivity (Wildman–Crippen MR) is 48.9 cm³/mol. The number of H-pyrrole nitrogens is 1. The zero-order valence-corrected chi connectivity index (χ0v) is 7.01. The summed E-state index contributed by atoms with van der Waals surface area (Å²) in [7, 11) is 0. The van der Waals surface area contributed by atoms with E-state index in [9.17, 15) is 4.79 Å². The van der Waals surface area contributed by atoms with Crippen LogP contribution in [0.25, 0.3) is 16.8 Å². The SMILES string of the molecule is O=c1c2ncccc2nc2[nH]ncn12. The van der Waals surface area contributed by atoms with E-state index in [4.69, 9.17) is 0 Å². The van der Waals surface area contributed by atoms with E-state index in [1.807, 2.05) is 0 Å². The molecule has 6 heteroatoms. The highest BCUT2D eigenvalue weighted by Gasteiger charge is 2.05. The van der Waals surface area contributed by atoms with Gasteiger partial charge in [0.15, 0.2) is 5.52 Å². The molecule has 0 spiro atoms. The minimum Gasteiger partial charge on any atom is -0.266 e.